The van der Waals surface area contributed by atoms with Crippen LogP contribution in [0.15, 0.2) is 29.8 Å². The molecule has 2 heterocycles. The van der Waals surface area contributed by atoms with Crippen molar-refractivity contribution in [1.82, 2.24) is 8.55 Å². The first-order chi connectivity index (χ1) is 7.75. The van der Waals surface area contributed by atoms with Crippen molar-refractivity contribution in [2.24, 2.45) is 0 Å². The molecule has 0 spiro atoms. The van der Waals surface area contributed by atoms with Gasteiger partial charge in [-0.15, -0.1) is 0 Å². The molecule has 0 unspecified atom stereocenters. The predicted molar refractivity (Wildman–Crippen MR) is 71.7 cm³/mol. The normalized spacial score (nSPS) is 11.1. The molecule has 1 aromatic carbocycles. The Balaban J connectivity index is 2.36. The van der Waals surface area contributed by atoms with Crippen molar-refractivity contribution in [1.29, 1.82) is 0 Å². The molecule has 0 radical (unpaired) electrons. The van der Waals surface area contributed by atoms with Crippen molar-refractivity contribution in [2.75, 3.05) is 0 Å². The molecule has 2 nitrogen and oxygen atoms in total. The molecule has 6 heteroatoms. The van der Waals surface area contributed by atoms with Crippen molar-refractivity contribution >= 4 is 59.5 Å². The van der Waals surface area contributed by atoms with E-state index < -0.39 is 0 Å². The average Bonchev–Trinajstić information content (AvgIpc) is 2.86. The molecule has 0 atom stereocenters. The molecule has 0 bridgehead atoms. The Labute approximate surface area is 112 Å². The molecule has 0 amide bonds. The molecule has 3 aromatic rings. The minimum atomic E-state index is 0.162. The summed E-state index contributed by atoms with van der Waals surface area (Å²) >= 11 is 13.2. The summed E-state index contributed by atoms with van der Waals surface area (Å²) in [6.07, 6.45) is 1.80. The fourth-order valence-corrected chi connectivity index (χ4v) is 5.42. The van der Waals surface area contributed by atoms with E-state index in [0.717, 1.165) is 20.2 Å². The summed E-state index contributed by atoms with van der Waals surface area (Å²) in [4.78, 5) is 4.29. The van der Waals surface area contributed by atoms with Crippen LogP contribution < -0.4 is 0 Å². The second kappa shape index (κ2) is 4.09. The van der Waals surface area contributed by atoms with Gasteiger partial charge in [0.05, 0.1) is 0 Å². The van der Waals surface area contributed by atoms with Crippen LogP contribution in [0, 0.1) is 4.64 Å². The number of benzene rings is 1. The van der Waals surface area contributed by atoms with Gasteiger partial charge >= 0.3 is 113 Å². The fraction of sp³-hybridized carbons (Fsp3) is 0. The van der Waals surface area contributed by atoms with Gasteiger partial charge in [-0.2, -0.15) is 0 Å². The summed E-state index contributed by atoms with van der Waals surface area (Å²) in [5.41, 5.74) is 0. The van der Waals surface area contributed by atoms with Gasteiger partial charge in [0.15, 0.2) is 0 Å². The number of fused-ring (bicyclic) bond motifs is 1. The Morgan fingerprint density at radius 2 is 2.31 bits per heavy atom. The Kier molecular flexibility index (Phi) is 2.73. The van der Waals surface area contributed by atoms with Gasteiger partial charge < -0.3 is 0 Å². The molecule has 0 aliphatic heterocycles. The van der Waals surface area contributed by atoms with E-state index in [4.69, 9.17) is 23.8 Å². The molecule has 0 aliphatic rings. The third-order valence-corrected chi connectivity index (χ3v) is 6.31. The summed E-state index contributed by atoms with van der Waals surface area (Å²) in [5, 5.41) is 4.82. The average molecular weight is 332 g/mol. The second-order valence-corrected chi connectivity index (χ2v) is 6.91. The van der Waals surface area contributed by atoms with Crippen molar-refractivity contribution in [3.05, 3.63) is 39.4 Å². The Morgan fingerprint density at radius 3 is 3.06 bits per heavy atom. The van der Waals surface area contributed by atoms with E-state index in [1.54, 1.807) is 17.5 Å². The molecule has 0 saturated heterocycles. The summed E-state index contributed by atoms with van der Waals surface area (Å²) in [7, 11) is 0. The van der Waals surface area contributed by atoms with Gasteiger partial charge in [0, 0.05) is 0 Å². The standard InChI is InChI=1S/C10H5ClN2S2Se/c11-6-1-2-7-8(5-6)16-13(9(7)14)10-12-3-4-15-10/h1-5H. The molecule has 0 saturated carbocycles. The van der Waals surface area contributed by atoms with Crippen LogP contribution in [0.5, 0.6) is 0 Å². The Hall–Kier alpha value is -0.451. The number of hydrogen-bond acceptors (Lipinski definition) is 3. The molecular formula is C10H5ClN2S2Se. The quantitative estimate of drug-likeness (QED) is 0.501. The number of nitrogens with zero attached hydrogens (tertiary/aromatic N) is 2. The first-order valence-corrected chi connectivity index (χ1v) is 7.76. The maximum absolute atomic E-state index is 5.98. The Bertz CT molecular complexity index is 699. The first kappa shape index (κ1) is 10.7. The van der Waals surface area contributed by atoms with Crippen LogP contribution in [0.2, 0.25) is 5.02 Å². The maximum atomic E-state index is 5.98. The van der Waals surface area contributed by atoms with Crippen molar-refractivity contribution in [3.63, 3.8) is 0 Å². The zero-order valence-corrected chi connectivity index (χ0v) is 12.0. The number of halogens is 1. The zero-order valence-electron chi connectivity index (χ0n) is 7.88. The summed E-state index contributed by atoms with van der Waals surface area (Å²) in [6.45, 7) is 0. The molecule has 0 aliphatic carbocycles. The van der Waals surface area contributed by atoms with Crippen LogP contribution in [0.1, 0.15) is 0 Å². The Morgan fingerprint density at radius 1 is 1.44 bits per heavy atom. The number of rotatable bonds is 1. The van der Waals surface area contributed by atoms with Crippen molar-refractivity contribution < 1.29 is 0 Å². The van der Waals surface area contributed by atoms with E-state index in [0.29, 0.717) is 0 Å². The molecule has 80 valence electrons. The fourth-order valence-electron chi connectivity index (χ4n) is 1.44. The third kappa shape index (κ3) is 1.69. The van der Waals surface area contributed by atoms with Gasteiger partial charge in [-0.25, -0.2) is 0 Å². The SMILES string of the molecule is S=c1c2ccc(Cl)cc2[se]n1-c1nccs1. The van der Waals surface area contributed by atoms with E-state index in [1.165, 1.54) is 4.26 Å². The summed E-state index contributed by atoms with van der Waals surface area (Å²) < 4.78 is 4.20. The molecular weight excluding hydrogens is 327 g/mol. The monoisotopic (exact) mass is 332 g/mol. The summed E-state index contributed by atoms with van der Waals surface area (Å²) in [6, 6.07) is 5.88. The van der Waals surface area contributed by atoms with E-state index in [2.05, 4.69) is 8.55 Å². The van der Waals surface area contributed by atoms with Gasteiger partial charge in [-0.3, -0.25) is 0 Å². The molecule has 2 aromatic heterocycles. The molecule has 0 fully saturated rings. The van der Waals surface area contributed by atoms with Crippen LogP contribution in [-0.4, -0.2) is 23.3 Å². The second-order valence-electron chi connectivity index (χ2n) is 3.15. The van der Waals surface area contributed by atoms with E-state index in [-0.39, 0.29) is 14.7 Å². The van der Waals surface area contributed by atoms with Gasteiger partial charge in [0.25, 0.3) is 0 Å². The number of aromatic nitrogens is 2. The van der Waals surface area contributed by atoms with Crippen molar-refractivity contribution in [2.45, 2.75) is 0 Å². The molecule has 16 heavy (non-hydrogen) atoms. The molecule has 0 N–H and O–H groups in total. The van der Waals surface area contributed by atoms with E-state index in [1.807, 2.05) is 23.6 Å². The topological polar surface area (TPSA) is 17.8 Å². The van der Waals surface area contributed by atoms with Crippen LogP contribution >= 0.6 is 35.2 Å². The minimum absolute atomic E-state index is 0.162. The van der Waals surface area contributed by atoms with Gasteiger partial charge in [0.2, 0.25) is 0 Å². The van der Waals surface area contributed by atoms with E-state index >= 15 is 0 Å². The van der Waals surface area contributed by atoms with Gasteiger partial charge in [-0.05, 0) is 0 Å². The van der Waals surface area contributed by atoms with Crippen LogP contribution in [0.3, 0.4) is 0 Å². The third-order valence-electron chi connectivity index (χ3n) is 2.14. The van der Waals surface area contributed by atoms with Gasteiger partial charge in [-0.1, -0.05) is 0 Å². The van der Waals surface area contributed by atoms with Crippen molar-refractivity contribution in [3.8, 4) is 5.13 Å². The van der Waals surface area contributed by atoms with Crippen LogP contribution in [-0.2, 0) is 0 Å². The first-order valence-electron chi connectivity index (χ1n) is 4.47. The van der Waals surface area contributed by atoms with Gasteiger partial charge in [0.1, 0.15) is 0 Å². The van der Waals surface area contributed by atoms with E-state index in [9.17, 15) is 0 Å². The zero-order chi connectivity index (χ0) is 11.1. The predicted octanol–water partition coefficient (Wildman–Crippen LogP) is 3.53. The summed E-state index contributed by atoms with van der Waals surface area (Å²) in [5.74, 6) is 0. The molecule has 3 rings (SSSR count). The van der Waals surface area contributed by atoms with Crippen LogP contribution in [0.25, 0.3) is 14.8 Å². The number of thiazole rings is 1. The van der Waals surface area contributed by atoms with Crippen LogP contribution in [0.4, 0.5) is 0 Å². The number of hydrogen-bond donors (Lipinski definition) is 0.